The molecule has 1 saturated heterocycles. The van der Waals surface area contributed by atoms with E-state index in [4.69, 9.17) is 4.74 Å². The van der Waals surface area contributed by atoms with Crippen molar-refractivity contribution in [1.82, 2.24) is 10.2 Å². The highest BCUT2D eigenvalue weighted by atomic mass is 16.5. The first-order valence-electron chi connectivity index (χ1n) is 8.52. The summed E-state index contributed by atoms with van der Waals surface area (Å²) in [4.78, 5) is 14.2. The van der Waals surface area contributed by atoms with E-state index < -0.39 is 0 Å². The molecule has 120 valence electrons. The summed E-state index contributed by atoms with van der Waals surface area (Å²) in [6, 6.07) is 10.8. The zero-order valence-corrected chi connectivity index (χ0v) is 13.2. The van der Waals surface area contributed by atoms with Crippen LogP contribution in [0.3, 0.4) is 0 Å². The summed E-state index contributed by atoms with van der Waals surface area (Å²) in [7, 11) is 0. The summed E-state index contributed by atoms with van der Waals surface area (Å²) in [6.45, 7) is 2.27. The van der Waals surface area contributed by atoms with Gasteiger partial charge in [0.2, 0.25) is 0 Å². The largest absolute Gasteiger partial charge is 0.373 e. The Labute approximate surface area is 132 Å². The van der Waals surface area contributed by atoms with Crippen molar-refractivity contribution in [2.24, 2.45) is 0 Å². The van der Waals surface area contributed by atoms with Crippen LogP contribution in [0, 0.1) is 0 Å². The number of piperidine rings is 1. The summed E-state index contributed by atoms with van der Waals surface area (Å²) >= 11 is 0. The molecule has 1 aliphatic heterocycles. The second-order valence-corrected chi connectivity index (χ2v) is 6.41. The van der Waals surface area contributed by atoms with Gasteiger partial charge in [-0.2, -0.15) is 0 Å². The molecule has 1 aromatic carbocycles. The van der Waals surface area contributed by atoms with Gasteiger partial charge < -0.3 is 15.0 Å². The van der Waals surface area contributed by atoms with Crippen LogP contribution in [-0.2, 0) is 11.3 Å². The third-order valence-corrected chi connectivity index (χ3v) is 4.74. The van der Waals surface area contributed by atoms with Gasteiger partial charge in [0.05, 0.1) is 12.7 Å². The van der Waals surface area contributed by atoms with E-state index in [0.29, 0.717) is 12.6 Å². The quantitative estimate of drug-likeness (QED) is 0.927. The fraction of sp³-hybridized carbons (Fsp3) is 0.611. The maximum absolute atomic E-state index is 12.2. The van der Waals surface area contributed by atoms with Crippen LogP contribution in [-0.4, -0.2) is 36.2 Å². The molecule has 0 aromatic heterocycles. The van der Waals surface area contributed by atoms with Crippen LogP contribution >= 0.6 is 0 Å². The minimum Gasteiger partial charge on any atom is -0.373 e. The summed E-state index contributed by atoms with van der Waals surface area (Å²) < 4.78 is 5.97. The van der Waals surface area contributed by atoms with E-state index in [9.17, 15) is 4.79 Å². The van der Waals surface area contributed by atoms with Crippen molar-refractivity contribution in [2.45, 2.75) is 57.3 Å². The lowest BCUT2D eigenvalue weighted by Crippen LogP contribution is -2.48. The molecule has 2 fully saturated rings. The average Bonchev–Trinajstić information content (AvgIpc) is 3.07. The van der Waals surface area contributed by atoms with Crippen molar-refractivity contribution < 1.29 is 9.53 Å². The van der Waals surface area contributed by atoms with Gasteiger partial charge in [-0.15, -0.1) is 0 Å². The summed E-state index contributed by atoms with van der Waals surface area (Å²) in [5, 5.41) is 3.17. The fourth-order valence-corrected chi connectivity index (χ4v) is 3.35. The Hall–Kier alpha value is -1.55. The zero-order chi connectivity index (χ0) is 15.2. The predicted molar refractivity (Wildman–Crippen MR) is 86.6 cm³/mol. The van der Waals surface area contributed by atoms with Crippen molar-refractivity contribution in [2.75, 3.05) is 13.1 Å². The summed E-state index contributed by atoms with van der Waals surface area (Å²) in [5.74, 6) is 0. The normalized spacial score (nSPS) is 20.3. The third-order valence-electron chi connectivity index (χ3n) is 4.74. The van der Waals surface area contributed by atoms with Gasteiger partial charge >= 0.3 is 6.03 Å². The van der Waals surface area contributed by atoms with E-state index in [0.717, 1.165) is 38.8 Å². The topological polar surface area (TPSA) is 41.6 Å². The zero-order valence-electron chi connectivity index (χ0n) is 13.2. The molecule has 1 aromatic rings. The number of carbonyl (C=O) groups is 1. The Bertz CT molecular complexity index is 463. The van der Waals surface area contributed by atoms with Gasteiger partial charge in [-0.25, -0.2) is 4.79 Å². The molecule has 1 N–H and O–H groups in total. The highest BCUT2D eigenvalue weighted by molar-refractivity contribution is 5.74. The third kappa shape index (κ3) is 4.23. The molecule has 1 heterocycles. The molecule has 4 heteroatoms. The van der Waals surface area contributed by atoms with Crippen LogP contribution in [0.1, 0.15) is 44.1 Å². The standard InChI is InChI=1S/C18H26N2O2/c21-18(19-16-8-4-5-9-16)20-12-10-17(11-13-20)22-14-15-6-2-1-3-7-15/h1-3,6-7,16-17H,4-5,8-14H2,(H,19,21). The molecule has 0 spiro atoms. The van der Waals surface area contributed by atoms with E-state index in [1.54, 1.807) is 0 Å². The Balaban J connectivity index is 1.37. The number of amides is 2. The number of urea groups is 1. The molecule has 2 aliphatic rings. The molecule has 0 unspecified atom stereocenters. The van der Waals surface area contributed by atoms with Gasteiger partial charge in [0.1, 0.15) is 0 Å². The maximum atomic E-state index is 12.2. The number of rotatable bonds is 4. The van der Waals surface area contributed by atoms with Crippen LogP contribution < -0.4 is 5.32 Å². The minimum absolute atomic E-state index is 0.119. The van der Waals surface area contributed by atoms with E-state index in [2.05, 4.69) is 17.4 Å². The molecule has 1 saturated carbocycles. The van der Waals surface area contributed by atoms with Gasteiger partial charge in [0, 0.05) is 19.1 Å². The SMILES string of the molecule is O=C(NC1CCCC1)N1CCC(OCc2ccccc2)CC1. The fourth-order valence-electron chi connectivity index (χ4n) is 3.35. The number of likely N-dealkylation sites (tertiary alicyclic amines) is 1. The highest BCUT2D eigenvalue weighted by Crippen LogP contribution is 2.19. The van der Waals surface area contributed by atoms with Gasteiger partial charge in [-0.1, -0.05) is 43.2 Å². The second kappa shape index (κ2) is 7.63. The summed E-state index contributed by atoms with van der Waals surface area (Å²) in [5.41, 5.74) is 1.21. The average molecular weight is 302 g/mol. The number of hydrogen-bond acceptors (Lipinski definition) is 2. The van der Waals surface area contributed by atoms with E-state index >= 15 is 0 Å². The number of nitrogens with one attached hydrogen (secondary N) is 1. The lowest BCUT2D eigenvalue weighted by Gasteiger charge is -2.32. The van der Waals surface area contributed by atoms with Crippen LogP contribution in [0.25, 0.3) is 0 Å². The molecule has 4 nitrogen and oxygen atoms in total. The van der Waals surface area contributed by atoms with Crippen LogP contribution in [0.4, 0.5) is 4.79 Å². The smallest absolute Gasteiger partial charge is 0.317 e. The number of hydrogen-bond donors (Lipinski definition) is 1. The monoisotopic (exact) mass is 302 g/mol. The predicted octanol–water partition coefficient (Wildman–Crippen LogP) is 3.32. The molecule has 3 rings (SSSR count). The summed E-state index contributed by atoms with van der Waals surface area (Å²) in [6.07, 6.45) is 6.93. The van der Waals surface area contributed by atoms with Crippen molar-refractivity contribution in [3.63, 3.8) is 0 Å². The van der Waals surface area contributed by atoms with Crippen molar-refractivity contribution in [3.8, 4) is 0 Å². The van der Waals surface area contributed by atoms with Crippen LogP contribution in [0.2, 0.25) is 0 Å². The van der Waals surface area contributed by atoms with Gasteiger partial charge in [-0.3, -0.25) is 0 Å². The van der Waals surface area contributed by atoms with Gasteiger partial charge in [0.25, 0.3) is 0 Å². The molecule has 0 bridgehead atoms. The highest BCUT2D eigenvalue weighted by Gasteiger charge is 2.25. The molecular weight excluding hydrogens is 276 g/mol. The van der Waals surface area contributed by atoms with E-state index in [1.165, 1.54) is 18.4 Å². The molecule has 0 atom stereocenters. The Kier molecular flexibility index (Phi) is 5.33. The molecule has 2 amide bonds. The first-order valence-corrected chi connectivity index (χ1v) is 8.52. The number of carbonyl (C=O) groups excluding carboxylic acids is 1. The number of benzene rings is 1. The first-order chi connectivity index (χ1) is 10.8. The molecule has 0 radical (unpaired) electrons. The number of ether oxygens (including phenoxy) is 1. The number of nitrogens with zero attached hydrogens (tertiary/aromatic N) is 1. The Morgan fingerprint density at radius 3 is 2.45 bits per heavy atom. The van der Waals surface area contributed by atoms with Gasteiger partial charge in [-0.05, 0) is 31.2 Å². The second-order valence-electron chi connectivity index (χ2n) is 6.41. The van der Waals surface area contributed by atoms with E-state index in [-0.39, 0.29) is 12.1 Å². The van der Waals surface area contributed by atoms with Crippen LogP contribution in [0.5, 0.6) is 0 Å². The Morgan fingerprint density at radius 2 is 1.77 bits per heavy atom. The van der Waals surface area contributed by atoms with Crippen molar-refractivity contribution >= 4 is 6.03 Å². The lowest BCUT2D eigenvalue weighted by molar-refractivity contribution is 0.00430. The van der Waals surface area contributed by atoms with Gasteiger partial charge in [0.15, 0.2) is 0 Å². The van der Waals surface area contributed by atoms with E-state index in [1.807, 2.05) is 23.1 Å². The van der Waals surface area contributed by atoms with Crippen molar-refractivity contribution in [3.05, 3.63) is 35.9 Å². The Morgan fingerprint density at radius 1 is 1.09 bits per heavy atom. The molecular formula is C18H26N2O2. The minimum atomic E-state index is 0.119. The molecule has 1 aliphatic carbocycles. The molecule has 22 heavy (non-hydrogen) atoms. The lowest BCUT2D eigenvalue weighted by atomic mass is 10.1. The maximum Gasteiger partial charge on any atom is 0.317 e. The van der Waals surface area contributed by atoms with Crippen LogP contribution in [0.15, 0.2) is 30.3 Å². The first kappa shape index (κ1) is 15.3. The van der Waals surface area contributed by atoms with Crippen molar-refractivity contribution in [1.29, 1.82) is 0 Å².